The molecule has 4 nitrogen and oxygen atoms in total. The molecule has 1 fully saturated rings. The van der Waals surface area contributed by atoms with Crippen molar-refractivity contribution < 1.29 is 9.31 Å². The topological polar surface area (TPSA) is 55.2 Å². The zero-order valence-corrected chi connectivity index (χ0v) is 12.0. The molecule has 6 heteroatoms. The summed E-state index contributed by atoms with van der Waals surface area (Å²) in [7, 11) is 0. The van der Waals surface area contributed by atoms with Crippen molar-refractivity contribution in [2.24, 2.45) is 10.8 Å². The van der Waals surface area contributed by atoms with E-state index in [2.05, 4.69) is 33.0 Å². The molecule has 104 valence electrons. The third-order valence-electron chi connectivity index (χ3n) is 4.56. The normalized spacial score (nSPS) is 20.1. The van der Waals surface area contributed by atoms with Gasteiger partial charge in [0.25, 0.3) is 5.69 Å². The van der Waals surface area contributed by atoms with E-state index >= 15 is 0 Å². The summed E-state index contributed by atoms with van der Waals surface area (Å²) >= 11 is 5.70. The molecule has 0 saturated heterocycles. The first-order valence-electron chi connectivity index (χ1n) is 5.99. The van der Waals surface area contributed by atoms with Gasteiger partial charge in [-0.15, -0.1) is 0 Å². The van der Waals surface area contributed by atoms with E-state index in [-0.39, 0.29) is 33.3 Å². The predicted molar refractivity (Wildman–Crippen MR) is 73.0 cm³/mol. The van der Waals surface area contributed by atoms with Crippen LogP contribution >= 0.6 is 11.6 Å². The Morgan fingerprint density at radius 3 is 2.26 bits per heavy atom. The molecular formula is C13H16ClFN2O2. The SMILES string of the molecule is CC1(C)C(Nc2cc(Cl)c(F)cc2[N+](=O)[O-])C1(C)C. The van der Waals surface area contributed by atoms with Gasteiger partial charge in [-0.05, 0) is 16.9 Å². The summed E-state index contributed by atoms with van der Waals surface area (Å²) in [6.07, 6.45) is 0. The van der Waals surface area contributed by atoms with Crippen LogP contribution < -0.4 is 5.32 Å². The van der Waals surface area contributed by atoms with Gasteiger partial charge in [-0.25, -0.2) is 4.39 Å². The second-order valence-corrected chi connectivity index (χ2v) is 6.47. The van der Waals surface area contributed by atoms with Gasteiger partial charge in [-0.1, -0.05) is 39.3 Å². The molecule has 1 aromatic carbocycles. The lowest BCUT2D eigenvalue weighted by molar-refractivity contribution is -0.384. The van der Waals surface area contributed by atoms with Gasteiger partial charge in [-0.2, -0.15) is 0 Å². The lowest BCUT2D eigenvalue weighted by Gasteiger charge is -2.09. The van der Waals surface area contributed by atoms with Crippen LogP contribution in [-0.2, 0) is 0 Å². The summed E-state index contributed by atoms with van der Waals surface area (Å²) in [4.78, 5) is 10.4. The van der Waals surface area contributed by atoms with Crippen molar-refractivity contribution in [3.8, 4) is 0 Å². The highest BCUT2D eigenvalue weighted by Crippen LogP contribution is 2.64. The Kier molecular flexibility index (Phi) is 3.01. The maximum absolute atomic E-state index is 13.3. The van der Waals surface area contributed by atoms with Gasteiger partial charge in [0.2, 0.25) is 0 Å². The summed E-state index contributed by atoms with van der Waals surface area (Å²) in [5, 5.41) is 14.0. The molecule has 0 heterocycles. The van der Waals surface area contributed by atoms with E-state index < -0.39 is 10.7 Å². The summed E-state index contributed by atoms with van der Waals surface area (Å²) in [6, 6.07) is 2.22. The van der Waals surface area contributed by atoms with Gasteiger partial charge in [0.1, 0.15) is 11.5 Å². The molecule has 0 spiro atoms. The van der Waals surface area contributed by atoms with Crippen molar-refractivity contribution in [3.63, 3.8) is 0 Å². The van der Waals surface area contributed by atoms with E-state index in [0.29, 0.717) is 0 Å². The molecule has 0 aromatic heterocycles. The van der Waals surface area contributed by atoms with Crippen LogP contribution in [0.1, 0.15) is 27.7 Å². The third kappa shape index (κ3) is 2.06. The summed E-state index contributed by atoms with van der Waals surface area (Å²) in [6.45, 7) is 8.34. The fraction of sp³-hybridized carbons (Fsp3) is 0.538. The highest BCUT2D eigenvalue weighted by molar-refractivity contribution is 6.31. The van der Waals surface area contributed by atoms with Crippen LogP contribution in [0.15, 0.2) is 12.1 Å². The lowest BCUT2D eigenvalue weighted by Crippen LogP contribution is -2.11. The van der Waals surface area contributed by atoms with Gasteiger partial charge < -0.3 is 5.32 Å². The number of rotatable bonds is 3. The standard InChI is InChI=1S/C13H16ClFN2O2/c1-12(2)11(13(12,3)4)16-9-5-7(14)8(15)6-10(9)17(18)19/h5-6,11,16H,1-4H3. The van der Waals surface area contributed by atoms with Crippen molar-refractivity contribution in [2.75, 3.05) is 5.32 Å². The van der Waals surface area contributed by atoms with Gasteiger partial charge in [-0.3, -0.25) is 10.1 Å². The third-order valence-corrected chi connectivity index (χ3v) is 4.85. The Labute approximate surface area is 116 Å². The number of halogens is 2. The highest BCUT2D eigenvalue weighted by atomic mass is 35.5. The van der Waals surface area contributed by atoms with Crippen molar-refractivity contribution in [1.29, 1.82) is 0 Å². The van der Waals surface area contributed by atoms with Crippen molar-refractivity contribution in [2.45, 2.75) is 33.7 Å². The van der Waals surface area contributed by atoms with Crippen molar-refractivity contribution in [3.05, 3.63) is 33.1 Å². The molecule has 2 rings (SSSR count). The second-order valence-electron chi connectivity index (χ2n) is 6.06. The number of nitro groups is 1. The van der Waals surface area contributed by atoms with E-state index in [0.717, 1.165) is 6.07 Å². The number of hydrogen-bond acceptors (Lipinski definition) is 3. The summed E-state index contributed by atoms with van der Waals surface area (Å²) in [5.74, 6) is -0.784. The van der Waals surface area contributed by atoms with Crippen LogP contribution in [0, 0.1) is 26.8 Å². The first-order chi connectivity index (χ1) is 8.59. The van der Waals surface area contributed by atoms with E-state index in [9.17, 15) is 14.5 Å². The zero-order chi connectivity index (χ0) is 14.6. The fourth-order valence-corrected chi connectivity index (χ4v) is 2.68. The average Bonchev–Trinajstić information content (AvgIpc) is 2.65. The number of nitro benzene ring substituents is 1. The number of nitrogens with zero attached hydrogens (tertiary/aromatic N) is 1. The van der Waals surface area contributed by atoms with E-state index in [1.807, 2.05) is 0 Å². The van der Waals surface area contributed by atoms with Crippen LogP contribution in [0.2, 0.25) is 5.02 Å². The van der Waals surface area contributed by atoms with Crippen LogP contribution in [0.25, 0.3) is 0 Å². The molecule has 1 aromatic rings. The number of nitrogens with one attached hydrogen (secondary N) is 1. The van der Waals surface area contributed by atoms with E-state index in [1.165, 1.54) is 6.07 Å². The molecule has 1 saturated carbocycles. The van der Waals surface area contributed by atoms with Gasteiger partial charge in [0.15, 0.2) is 0 Å². The zero-order valence-electron chi connectivity index (χ0n) is 11.3. The molecule has 19 heavy (non-hydrogen) atoms. The first kappa shape index (κ1) is 14.1. The molecule has 0 bridgehead atoms. The minimum Gasteiger partial charge on any atom is -0.376 e. The Balaban J connectivity index is 2.36. The van der Waals surface area contributed by atoms with Crippen molar-refractivity contribution >= 4 is 23.0 Å². The van der Waals surface area contributed by atoms with Gasteiger partial charge in [0, 0.05) is 6.04 Å². The molecule has 0 atom stereocenters. The smallest absolute Gasteiger partial charge is 0.295 e. The number of anilines is 1. The quantitative estimate of drug-likeness (QED) is 0.668. The van der Waals surface area contributed by atoms with Crippen LogP contribution in [0.4, 0.5) is 15.8 Å². The highest BCUT2D eigenvalue weighted by Gasteiger charge is 2.65. The van der Waals surface area contributed by atoms with E-state index in [1.54, 1.807) is 0 Å². The second kappa shape index (κ2) is 4.07. The lowest BCUT2D eigenvalue weighted by atomic mass is 10.0. The van der Waals surface area contributed by atoms with Crippen LogP contribution in [0.5, 0.6) is 0 Å². The van der Waals surface area contributed by atoms with Crippen LogP contribution in [-0.4, -0.2) is 11.0 Å². The summed E-state index contributed by atoms with van der Waals surface area (Å²) in [5.41, 5.74) is 0.00385. The molecular weight excluding hydrogens is 271 g/mol. The molecule has 0 amide bonds. The molecule has 0 radical (unpaired) electrons. The number of benzene rings is 1. The van der Waals surface area contributed by atoms with E-state index in [4.69, 9.17) is 11.6 Å². The molecule has 1 aliphatic rings. The maximum atomic E-state index is 13.3. The Hall–Kier alpha value is -1.36. The number of hydrogen-bond donors (Lipinski definition) is 1. The summed E-state index contributed by atoms with van der Waals surface area (Å²) < 4.78 is 13.3. The van der Waals surface area contributed by atoms with Gasteiger partial charge >= 0.3 is 0 Å². The maximum Gasteiger partial charge on any atom is 0.295 e. The van der Waals surface area contributed by atoms with Crippen molar-refractivity contribution in [1.82, 2.24) is 0 Å². The molecule has 0 unspecified atom stereocenters. The monoisotopic (exact) mass is 286 g/mol. The minimum atomic E-state index is -0.784. The molecule has 1 aliphatic carbocycles. The fourth-order valence-electron chi connectivity index (χ4n) is 2.52. The largest absolute Gasteiger partial charge is 0.376 e. The minimum absolute atomic E-state index is 0.0156. The van der Waals surface area contributed by atoms with Gasteiger partial charge in [0.05, 0.1) is 16.0 Å². The Morgan fingerprint density at radius 2 is 1.84 bits per heavy atom. The predicted octanol–water partition coefficient (Wildman–Crippen LogP) is 4.23. The Morgan fingerprint density at radius 1 is 1.32 bits per heavy atom. The first-order valence-corrected chi connectivity index (χ1v) is 6.37. The molecule has 1 N–H and O–H groups in total. The average molecular weight is 287 g/mol. The Bertz CT molecular complexity index is 544. The van der Waals surface area contributed by atoms with Crippen LogP contribution in [0.3, 0.4) is 0 Å². The molecule has 0 aliphatic heterocycles.